The fraction of sp³-hybridized carbons (Fsp3) is 0.222. The summed E-state index contributed by atoms with van der Waals surface area (Å²) in [5.41, 5.74) is 0.483. The first-order chi connectivity index (χ1) is 7.15. The molecule has 0 aliphatic heterocycles. The molecule has 2 nitrogen and oxygen atoms in total. The molecule has 1 aromatic heterocycles. The van der Waals surface area contributed by atoms with Crippen molar-refractivity contribution < 1.29 is 13.2 Å². The molecule has 2 rings (SSSR count). The van der Waals surface area contributed by atoms with Gasteiger partial charge in [-0.2, -0.15) is 0 Å². The molecule has 0 bridgehead atoms. The smallest absolute Gasteiger partial charge is 0.255 e. The van der Waals surface area contributed by atoms with E-state index in [1.165, 1.54) is 23.5 Å². The third kappa shape index (κ3) is 2.38. The van der Waals surface area contributed by atoms with E-state index in [0.717, 1.165) is 4.70 Å². The minimum Gasteiger partial charge on any atom is -0.356 e. The number of nitrogens with zero attached hydrogens (tertiary/aromatic N) is 1. The highest BCUT2D eigenvalue weighted by atomic mass is 32.1. The van der Waals surface area contributed by atoms with Gasteiger partial charge < -0.3 is 5.32 Å². The minimum absolute atomic E-state index is 0.381. The highest BCUT2D eigenvalue weighted by molar-refractivity contribution is 7.22. The van der Waals surface area contributed by atoms with Gasteiger partial charge in [0.25, 0.3) is 6.43 Å². The monoisotopic (exact) mass is 232 g/mol. The largest absolute Gasteiger partial charge is 0.356 e. The Labute approximate surface area is 87.7 Å². The molecule has 1 heterocycles. The summed E-state index contributed by atoms with van der Waals surface area (Å²) in [5, 5.41) is 2.87. The van der Waals surface area contributed by atoms with Crippen LogP contribution in [0.15, 0.2) is 18.2 Å². The third-order valence-corrected chi connectivity index (χ3v) is 2.75. The number of rotatable bonds is 3. The maximum Gasteiger partial charge on any atom is 0.255 e. The summed E-state index contributed by atoms with van der Waals surface area (Å²) < 4.78 is 37.3. The number of aromatic nitrogens is 1. The van der Waals surface area contributed by atoms with Crippen LogP contribution < -0.4 is 5.32 Å². The van der Waals surface area contributed by atoms with E-state index in [4.69, 9.17) is 0 Å². The molecule has 0 fully saturated rings. The maximum atomic E-state index is 12.8. The summed E-state index contributed by atoms with van der Waals surface area (Å²) in [6.07, 6.45) is -2.42. The molecule has 0 aliphatic carbocycles. The van der Waals surface area contributed by atoms with Crippen molar-refractivity contribution in [2.45, 2.75) is 6.43 Å². The Morgan fingerprint density at radius 3 is 2.93 bits per heavy atom. The topological polar surface area (TPSA) is 24.9 Å². The summed E-state index contributed by atoms with van der Waals surface area (Å²) >= 11 is 1.23. The number of anilines is 1. The molecule has 0 saturated carbocycles. The van der Waals surface area contributed by atoms with Gasteiger partial charge in [0.05, 0.1) is 16.8 Å². The second kappa shape index (κ2) is 4.06. The van der Waals surface area contributed by atoms with Crippen molar-refractivity contribution in [3.63, 3.8) is 0 Å². The fourth-order valence-electron chi connectivity index (χ4n) is 1.14. The predicted octanol–water partition coefficient (Wildman–Crippen LogP) is 3.11. The van der Waals surface area contributed by atoms with E-state index in [0.29, 0.717) is 10.6 Å². The molecular formula is C9H7F3N2S. The first-order valence-corrected chi connectivity index (χ1v) is 5.05. The van der Waals surface area contributed by atoms with E-state index in [1.54, 1.807) is 6.07 Å². The van der Waals surface area contributed by atoms with Crippen LogP contribution in [0.2, 0.25) is 0 Å². The number of thiazole rings is 1. The molecule has 1 N–H and O–H groups in total. The minimum atomic E-state index is -2.42. The van der Waals surface area contributed by atoms with Crippen molar-refractivity contribution in [1.82, 2.24) is 4.98 Å². The van der Waals surface area contributed by atoms with Crippen LogP contribution in [0.3, 0.4) is 0 Å². The first-order valence-electron chi connectivity index (χ1n) is 4.23. The number of nitrogens with one attached hydrogen (secondary N) is 1. The molecule has 0 unspecified atom stereocenters. The molecule has 0 spiro atoms. The normalized spacial score (nSPS) is 11.2. The Morgan fingerprint density at radius 2 is 2.20 bits per heavy atom. The SMILES string of the molecule is Fc1ccc2sc(NCC(F)F)nc2c1. The van der Waals surface area contributed by atoms with Crippen molar-refractivity contribution in [3.05, 3.63) is 24.0 Å². The zero-order valence-corrected chi connectivity index (χ0v) is 8.32. The average molecular weight is 232 g/mol. The number of hydrogen-bond donors (Lipinski definition) is 1. The second-order valence-electron chi connectivity index (χ2n) is 2.90. The lowest BCUT2D eigenvalue weighted by atomic mass is 10.3. The van der Waals surface area contributed by atoms with Crippen LogP contribution in [0.5, 0.6) is 0 Å². The summed E-state index contributed by atoms with van der Waals surface area (Å²) in [7, 11) is 0. The Morgan fingerprint density at radius 1 is 1.40 bits per heavy atom. The summed E-state index contributed by atoms with van der Waals surface area (Å²) in [6.45, 7) is -0.442. The van der Waals surface area contributed by atoms with Crippen LogP contribution in [0.25, 0.3) is 10.2 Å². The van der Waals surface area contributed by atoms with Gasteiger partial charge in [0.15, 0.2) is 5.13 Å². The standard InChI is InChI=1S/C9H7F3N2S/c10-5-1-2-7-6(3-5)14-9(15-7)13-4-8(11)12/h1-3,8H,4H2,(H,13,14). The van der Waals surface area contributed by atoms with Crippen LogP contribution in [0.1, 0.15) is 0 Å². The molecular weight excluding hydrogens is 225 g/mol. The molecule has 2 aromatic rings. The molecule has 0 saturated heterocycles. The van der Waals surface area contributed by atoms with E-state index in [1.807, 2.05) is 0 Å². The molecule has 0 atom stereocenters. The van der Waals surface area contributed by atoms with Gasteiger partial charge in [0, 0.05) is 6.07 Å². The zero-order valence-electron chi connectivity index (χ0n) is 7.51. The molecule has 1 aromatic carbocycles. The highest BCUT2D eigenvalue weighted by Gasteiger charge is 2.06. The summed E-state index contributed by atoms with van der Waals surface area (Å²) in [6, 6.07) is 4.17. The maximum absolute atomic E-state index is 12.8. The molecule has 0 radical (unpaired) electrons. The third-order valence-electron chi connectivity index (χ3n) is 1.76. The first kappa shape index (κ1) is 10.2. The van der Waals surface area contributed by atoms with Crippen molar-refractivity contribution in [2.75, 3.05) is 11.9 Å². The molecule has 80 valence electrons. The van der Waals surface area contributed by atoms with Gasteiger partial charge in [-0.1, -0.05) is 11.3 Å². The predicted molar refractivity (Wildman–Crippen MR) is 54.1 cm³/mol. The van der Waals surface area contributed by atoms with Gasteiger partial charge in [-0.05, 0) is 12.1 Å². The number of benzene rings is 1. The lowest BCUT2D eigenvalue weighted by Gasteiger charge is -1.98. The average Bonchev–Trinajstić information content (AvgIpc) is 2.56. The van der Waals surface area contributed by atoms with Gasteiger partial charge in [-0.25, -0.2) is 18.2 Å². The summed E-state index contributed by atoms with van der Waals surface area (Å²) in [5.74, 6) is -0.381. The Balaban J connectivity index is 2.23. The van der Waals surface area contributed by atoms with Crippen LogP contribution >= 0.6 is 11.3 Å². The van der Waals surface area contributed by atoms with Gasteiger partial charge >= 0.3 is 0 Å². The van der Waals surface area contributed by atoms with E-state index < -0.39 is 13.0 Å². The second-order valence-corrected chi connectivity index (χ2v) is 3.93. The fourth-order valence-corrected chi connectivity index (χ4v) is 1.99. The molecule has 0 aliphatic rings. The van der Waals surface area contributed by atoms with Gasteiger partial charge in [0.2, 0.25) is 0 Å². The van der Waals surface area contributed by atoms with Crippen molar-refractivity contribution in [3.8, 4) is 0 Å². The number of fused-ring (bicyclic) bond motifs is 1. The van der Waals surface area contributed by atoms with Crippen molar-refractivity contribution in [1.29, 1.82) is 0 Å². The van der Waals surface area contributed by atoms with Gasteiger partial charge in [-0.3, -0.25) is 0 Å². The van der Waals surface area contributed by atoms with E-state index in [2.05, 4.69) is 10.3 Å². The van der Waals surface area contributed by atoms with Crippen LogP contribution in [0, 0.1) is 5.82 Å². The molecule has 0 amide bonds. The van der Waals surface area contributed by atoms with Crippen molar-refractivity contribution in [2.24, 2.45) is 0 Å². The highest BCUT2D eigenvalue weighted by Crippen LogP contribution is 2.26. The number of halogens is 3. The van der Waals surface area contributed by atoms with E-state index >= 15 is 0 Å². The Bertz CT molecular complexity index is 469. The van der Waals surface area contributed by atoms with Crippen LogP contribution in [-0.2, 0) is 0 Å². The number of hydrogen-bond acceptors (Lipinski definition) is 3. The Hall–Kier alpha value is -1.30. The number of alkyl halides is 2. The molecule has 6 heteroatoms. The lowest BCUT2D eigenvalue weighted by molar-refractivity contribution is 0.163. The summed E-state index contributed by atoms with van der Waals surface area (Å²) in [4.78, 5) is 3.98. The molecule has 15 heavy (non-hydrogen) atoms. The zero-order chi connectivity index (χ0) is 10.8. The van der Waals surface area contributed by atoms with Crippen molar-refractivity contribution >= 4 is 26.7 Å². The quantitative estimate of drug-likeness (QED) is 0.879. The van der Waals surface area contributed by atoms with E-state index in [9.17, 15) is 13.2 Å². The van der Waals surface area contributed by atoms with Gasteiger partial charge in [-0.15, -0.1) is 0 Å². The van der Waals surface area contributed by atoms with E-state index in [-0.39, 0.29) is 5.82 Å². The van der Waals surface area contributed by atoms with Crippen LogP contribution in [-0.4, -0.2) is 18.0 Å². The van der Waals surface area contributed by atoms with Crippen LogP contribution in [0.4, 0.5) is 18.3 Å². The lowest BCUT2D eigenvalue weighted by Crippen LogP contribution is -2.09. The Kier molecular flexibility index (Phi) is 2.77. The van der Waals surface area contributed by atoms with Gasteiger partial charge in [0.1, 0.15) is 5.82 Å².